The van der Waals surface area contributed by atoms with Crippen LogP contribution in [-0.2, 0) is 0 Å². The number of rotatable bonds is 4. The summed E-state index contributed by atoms with van der Waals surface area (Å²) in [7, 11) is 3.84. The summed E-state index contributed by atoms with van der Waals surface area (Å²) in [6.45, 7) is 3.66. The summed E-state index contributed by atoms with van der Waals surface area (Å²) in [4.78, 5) is 27.8. The van der Waals surface area contributed by atoms with Crippen LogP contribution in [0.2, 0.25) is 0 Å². The summed E-state index contributed by atoms with van der Waals surface area (Å²) in [5.41, 5.74) is 1.13. The number of aromatic amines is 1. The fourth-order valence-corrected chi connectivity index (χ4v) is 2.52. The zero-order valence-corrected chi connectivity index (χ0v) is 13.5. The highest BCUT2D eigenvalue weighted by Gasteiger charge is 2.24. The van der Waals surface area contributed by atoms with Gasteiger partial charge in [-0.3, -0.25) is 4.79 Å². The molecule has 1 aromatic heterocycles. The molecule has 6 nitrogen and oxygen atoms in total. The third-order valence-electron chi connectivity index (χ3n) is 3.69. The normalized spacial score (nSPS) is 10.8. The van der Waals surface area contributed by atoms with E-state index in [4.69, 9.17) is 5.11 Å². The number of carboxylic acid groups (broad SMARTS) is 1. The Hall–Kier alpha value is -2.76. The Balaban J connectivity index is 2.71. The number of H-pyrrole nitrogens is 1. The average Bonchev–Trinajstić information content (AvgIpc) is 2.45. The van der Waals surface area contributed by atoms with Gasteiger partial charge in [0.05, 0.1) is 5.69 Å². The smallest absolute Gasteiger partial charge is 0.345 e. The molecule has 0 aliphatic carbocycles. The molecule has 0 atom stereocenters. The minimum atomic E-state index is -1.44. The Labute approximate surface area is 134 Å². The van der Waals surface area contributed by atoms with Crippen molar-refractivity contribution in [3.63, 3.8) is 0 Å². The molecular formula is C17H20N2O4. The van der Waals surface area contributed by atoms with Gasteiger partial charge in [0.1, 0.15) is 5.75 Å². The highest BCUT2D eigenvalue weighted by Crippen LogP contribution is 2.35. The standard InChI is InChI=1S/C17H20N2O4/c1-9(2)12-14(10-5-7-11(8-6-10)19(3)4)18-16(21)13(15(12)20)17(22)23/h5-9H,1-4H3,(H,22,23)(H2,18,20,21). The number of carbonyl (C=O) groups is 1. The molecule has 1 aromatic carbocycles. The number of anilines is 1. The van der Waals surface area contributed by atoms with Crippen molar-refractivity contribution in [1.82, 2.24) is 4.98 Å². The maximum atomic E-state index is 12.0. The van der Waals surface area contributed by atoms with Gasteiger partial charge in [-0.1, -0.05) is 26.0 Å². The van der Waals surface area contributed by atoms with Crippen molar-refractivity contribution in [2.24, 2.45) is 0 Å². The molecule has 2 rings (SSSR count). The van der Waals surface area contributed by atoms with Crippen molar-refractivity contribution in [3.05, 3.63) is 45.7 Å². The fourth-order valence-electron chi connectivity index (χ4n) is 2.52. The molecule has 0 unspecified atom stereocenters. The van der Waals surface area contributed by atoms with E-state index in [0.717, 1.165) is 5.69 Å². The molecule has 122 valence electrons. The second kappa shape index (κ2) is 6.16. The average molecular weight is 316 g/mol. The summed E-state index contributed by atoms with van der Waals surface area (Å²) in [6.07, 6.45) is 0. The molecule has 6 heteroatoms. The first-order valence-electron chi connectivity index (χ1n) is 7.24. The molecule has 23 heavy (non-hydrogen) atoms. The molecule has 0 aliphatic rings. The van der Waals surface area contributed by atoms with E-state index < -0.39 is 22.8 Å². The zero-order valence-electron chi connectivity index (χ0n) is 13.5. The van der Waals surface area contributed by atoms with Gasteiger partial charge in [0.2, 0.25) is 0 Å². The summed E-state index contributed by atoms with van der Waals surface area (Å²) < 4.78 is 0. The second-order valence-corrected chi connectivity index (χ2v) is 5.87. The van der Waals surface area contributed by atoms with Crippen molar-refractivity contribution < 1.29 is 15.0 Å². The van der Waals surface area contributed by atoms with Gasteiger partial charge in [-0.15, -0.1) is 0 Å². The SMILES string of the molecule is CC(C)c1c(-c2ccc(N(C)C)cc2)[nH]c(=O)c(C(=O)O)c1O. The van der Waals surface area contributed by atoms with Crippen molar-refractivity contribution >= 4 is 11.7 Å². The highest BCUT2D eigenvalue weighted by atomic mass is 16.4. The molecule has 0 saturated carbocycles. The van der Waals surface area contributed by atoms with Gasteiger partial charge < -0.3 is 20.1 Å². The fraction of sp³-hybridized carbons (Fsp3) is 0.294. The molecule has 0 aliphatic heterocycles. The first-order chi connectivity index (χ1) is 10.7. The van der Waals surface area contributed by atoms with E-state index in [1.807, 2.05) is 57.1 Å². The van der Waals surface area contributed by atoms with Gasteiger partial charge in [0.25, 0.3) is 5.56 Å². The van der Waals surface area contributed by atoms with E-state index in [1.165, 1.54) is 0 Å². The van der Waals surface area contributed by atoms with Gasteiger partial charge in [-0.25, -0.2) is 4.79 Å². The molecule has 0 spiro atoms. The number of hydrogen-bond acceptors (Lipinski definition) is 4. The quantitative estimate of drug-likeness (QED) is 0.806. The lowest BCUT2D eigenvalue weighted by Gasteiger charge is -2.17. The number of nitrogens with zero attached hydrogens (tertiary/aromatic N) is 1. The maximum absolute atomic E-state index is 12.0. The van der Waals surface area contributed by atoms with Crippen LogP contribution in [0.1, 0.15) is 35.7 Å². The van der Waals surface area contributed by atoms with Crippen LogP contribution in [0.3, 0.4) is 0 Å². The Morgan fingerprint density at radius 1 is 1.17 bits per heavy atom. The van der Waals surface area contributed by atoms with E-state index in [1.54, 1.807) is 0 Å². The minimum Gasteiger partial charge on any atom is -0.506 e. The zero-order chi connectivity index (χ0) is 17.3. The van der Waals surface area contributed by atoms with Gasteiger partial charge >= 0.3 is 5.97 Å². The first-order valence-corrected chi connectivity index (χ1v) is 7.24. The van der Waals surface area contributed by atoms with Crippen molar-refractivity contribution in [1.29, 1.82) is 0 Å². The van der Waals surface area contributed by atoms with E-state index in [-0.39, 0.29) is 5.92 Å². The Bertz CT molecular complexity index is 789. The summed E-state index contributed by atoms with van der Waals surface area (Å²) in [5.74, 6) is -2.07. The van der Waals surface area contributed by atoms with Gasteiger partial charge in [0, 0.05) is 25.3 Å². The lowest BCUT2D eigenvalue weighted by molar-refractivity contribution is 0.0691. The summed E-state index contributed by atoms with van der Waals surface area (Å²) in [5, 5.41) is 19.4. The largest absolute Gasteiger partial charge is 0.506 e. The van der Waals surface area contributed by atoms with Crippen LogP contribution in [0.5, 0.6) is 5.75 Å². The van der Waals surface area contributed by atoms with E-state index in [2.05, 4.69) is 4.98 Å². The number of pyridine rings is 1. The van der Waals surface area contributed by atoms with E-state index in [0.29, 0.717) is 16.8 Å². The molecule has 0 saturated heterocycles. The number of nitrogens with one attached hydrogen (secondary N) is 1. The van der Waals surface area contributed by atoms with Gasteiger partial charge in [-0.2, -0.15) is 0 Å². The first kappa shape index (κ1) is 16.6. The van der Waals surface area contributed by atoms with Crippen LogP contribution in [0.15, 0.2) is 29.1 Å². The van der Waals surface area contributed by atoms with E-state index in [9.17, 15) is 14.7 Å². The topological polar surface area (TPSA) is 93.6 Å². The van der Waals surface area contributed by atoms with Crippen LogP contribution in [-0.4, -0.2) is 35.3 Å². The molecule has 1 heterocycles. The number of aromatic nitrogens is 1. The van der Waals surface area contributed by atoms with Crippen LogP contribution < -0.4 is 10.5 Å². The molecule has 0 fully saturated rings. The molecule has 0 amide bonds. The predicted molar refractivity (Wildman–Crippen MR) is 89.5 cm³/mol. The second-order valence-electron chi connectivity index (χ2n) is 5.87. The van der Waals surface area contributed by atoms with Crippen molar-refractivity contribution in [2.75, 3.05) is 19.0 Å². The molecule has 0 bridgehead atoms. The summed E-state index contributed by atoms with van der Waals surface area (Å²) >= 11 is 0. The lowest BCUT2D eigenvalue weighted by Crippen LogP contribution is -2.20. The molecule has 0 radical (unpaired) electrons. The van der Waals surface area contributed by atoms with E-state index >= 15 is 0 Å². The van der Waals surface area contributed by atoms with Crippen molar-refractivity contribution in [3.8, 4) is 17.0 Å². The molecule has 2 aromatic rings. The Morgan fingerprint density at radius 3 is 2.17 bits per heavy atom. The van der Waals surface area contributed by atoms with Gasteiger partial charge in [0.15, 0.2) is 5.56 Å². The lowest BCUT2D eigenvalue weighted by atomic mass is 9.94. The third kappa shape index (κ3) is 3.06. The minimum absolute atomic E-state index is 0.159. The monoisotopic (exact) mass is 316 g/mol. The van der Waals surface area contributed by atoms with Crippen LogP contribution in [0, 0.1) is 0 Å². The predicted octanol–water partition coefficient (Wildman–Crippen LogP) is 2.64. The number of hydrogen-bond donors (Lipinski definition) is 3. The Morgan fingerprint density at radius 2 is 1.74 bits per heavy atom. The summed E-state index contributed by atoms with van der Waals surface area (Å²) in [6, 6.07) is 7.43. The number of aromatic hydroxyl groups is 1. The number of benzene rings is 1. The maximum Gasteiger partial charge on any atom is 0.345 e. The Kier molecular flexibility index (Phi) is 4.45. The highest BCUT2D eigenvalue weighted by molar-refractivity contribution is 5.92. The van der Waals surface area contributed by atoms with Crippen LogP contribution in [0.25, 0.3) is 11.3 Å². The van der Waals surface area contributed by atoms with Crippen LogP contribution >= 0.6 is 0 Å². The third-order valence-corrected chi connectivity index (χ3v) is 3.69. The number of aromatic carboxylic acids is 1. The van der Waals surface area contributed by atoms with Crippen molar-refractivity contribution in [2.45, 2.75) is 19.8 Å². The van der Waals surface area contributed by atoms with Gasteiger partial charge in [-0.05, 0) is 23.6 Å². The molecule has 3 N–H and O–H groups in total. The molecular weight excluding hydrogens is 296 g/mol. The van der Waals surface area contributed by atoms with Crippen LogP contribution in [0.4, 0.5) is 5.69 Å². The number of carboxylic acids is 1.